The minimum atomic E-state index is -2.65. The van der Waals surface area contributed by atoms with Crippen molar-refractivity contribution in [3.63, 3.8) is 0 Å². The molecule has 3 aliphatic rings. The summed E-state index contributed by atoms with van der Waals surface area (Å²) < 4.78 is 0. The van der Waals surface area contributed by atoms with Gasteiger partial charge in [-0.25, -0.2) is 0 Å². The van der Waals surface area contributed by atoms with Crippen molar-refractivity contribution in [2.45, 2.75) is 49.7 Å². The van der Waals surface area contributed by atoms with E-state index >= 15 is 0 Å². The Bertz CT molecular complexity index is 1340. The van der Waals surface area contributed by atoms with E-state index in [4.69, 9.17) is 17.2 Å². The number of aliphatic hydroxyl groups excluding tert-OH is 2. The van der Waals surface area contributed by atoms with Gasteiger partial charge >= 0.3 is 0 Å². The van der Waals surface area contributed by atoms with Crippen LogP contribution in [0.1, 0.15) is 36.5 Å². The molecular weight excluding hydrogens is 466 g/mol. The quantitative estimate of drug-likeness (QED) is 0.304. The zero-order valence-corrected chi connectivity index (χ0v) is 20.3. The first-order valence-corrected chi connectivity index (χ1v) is 11.5. The molecule has 190 valence electrons. The highest BCUT2D eigenvalue weighted by molar-refractivity contribution is 6.25. The number of phenols is 1. The second kappa shape index (κ2) is 7.89. The van der Waals surface area contributed by atoms with Gasteiger partial charge in [0.15, 0.2) is 17.0 Å². The van der Waals surface area contributed by atoms with Crippen LogP contribution in [0, 0.1) is 16.7 Å². The Morgan fingerprint density at radius 1 is 1.22 bits per heavy atom. The van der Waals surface area contributed by atoms with Crippen molar-refractivity contribution in [3.05, 3.63) is 45.7 Å². The summed E-state index contributed by atoms with van der Waals surface area (Å²) in [5, 5.41) is 43.4. The van der Waals surface area contributed by atoms with Crippen LogP contribution in [0.4, 0.5) is 0 Å². The van der Waals surface area contributed by atoms with E-state index in [0.717, 1.165) is 12.0 Å². The minimum absolute atomic E-state index is 0.0117. The third-order valence-corrected chi connectivity index (χ3v) is 7.75. The normalized spacial score (nSPS) is 31.6. The number of likely N-dealkylation sites (N-methyl/N-ethyl adjacent to an activating group) is 1. The van der Waals surface area contributed by atoms with Gasteiger partial charge in [0.05, 0.1) is 34.3 Å². The Morgan fingerprint density at radius 3 is 2.39 bits per heavy atom. The molecule has 0 unspecified atom stereocenters. The number of fused-ring (bicyclic) bond motifs is 3. The molecule has 0 aromatic heterocycles. The maximum atomic E-state index is 14.2. The summed E-state index contributed by atoms with van der Waals surface area (Å²) >= 11 is 0. The lowest BCUT2D eigenvalue weighted by molar-refractivity contribution is -0.139. The third-order valence-electron chi connectivity index (χ3n) is 7.75. The third kappa shape index (κ3) is 2.86. The molecule has 0 spiro atoms. The molecule has 1 saturated carbocycles. The van der Waals surface area contributed by atoms with Gasteiger partial charge in [0.25, 0.3) is 5.91 Å². The van der Waals surface area contributed by atoms with Crippen molar-refractivity contribution >= 4 is 23.2 Å². The Morgan fingerprint density at radius 2 is 1.86 bits per heavy atom. The number of nitrogens with two attached hydrogens (primary N) is 3. The molecule has 11 nitrogen and oxygen atoms in total. The van der Waals surface area contributed by atoms with Crippen LogP contribution in [0.5, 0.6) is 5.75 Å². The van der Waals surface area contributed by atoms with Crippen molar-refractivity contribution < 1.29 is 29.7 Å². The first-order chi connectivity index (χ1) is 16.7. The number of primary amides is 1. The van der Waals surface area contributed by atoms with Crippen molar-refractivity contribution in [1.29, 1.82) is 5.26 Å². The van der Waals surface area contributed by atoms with Crippen LogP contribution in [-0.2, 0) is 27.2 Å². The average molecular weight is 496 g/mol. The monoisotopic (exact) mass is 495 g/mol. The fourth-order valence-electron chi connectivity index (χ4n) is 6.40. The molecule has 1 aromatic rings. The van der Waals surface area contributed by atoms with Gasteiger partial charge in [-0.05, 0) is 50.6 Å². The number of benzene rings is 1. The average Bonchev–Trinajstić information content (AvgIpc) is 2.74. The molecule has 0 saturated heterocycles. The van der Waals surface area contributed by atoms with Crippen LogP contribution in [0.15, 0.2) is 29.0 Å². The molecule has 1 aromatic carbocycles. The summed E-state index contributed by atoms with van der Waals surface area (Å²) in [6.07, 6.45) is 0.952. The van der Waals surface area contributed by atoms with Gasteiger partial charge in [0, 0.05) is 0 Å². The van der Waals surface area contributed by atoms with Crippen LogP contribution in [0.2, 0.25) is 0 Å². The van der Waals surface area contributed by atoms with E-state index in [9.17, 15) is 35.0 Å². The second-order valence-corrected chi connectivity index (χ2v) is 10.1. The fraction of sp³-hybridized carbons (Fsp3) is 0.440. The number of hydrogen-bond acceptors (Lipinski definition) is 10. The summed E-state index contributed by atoms with van der Waals surface area (Å²) in [6, 6.07) is 3.44. The van der Waals surface area contributed by atoms with E-state index in [0.29, 0.717) is 12.0 Å². The van der Waals surface area contributed by atoms with Gasteiger partial charge in [-0.1, -0.05) is 19.4 Å². The first kappa shape index (κ1) is 25.4. The van der Waals surface area contributed by atoms with Crippen LogP contribution in [-0.4, -0.2) is 68.9 Å². The van der Waals surface area contributed by atoms with Gasteiger partial charge in [0.1, 0.15) is 22.8 Å². The predicted octanol–water partition coefficient (Wildman–Crippen LogP) is -0.142. The molecule has 3 aliphatic carbocycles. The van der Waals surface area contributed by atoms with E-state index in [1.54, 1.807) is 12.1 Å². The number of aromatic hydroxyl groups is 1. The highest BCUT2D eigenvalue weighted by Crippen LogP contribution is 2.58. The first-order valence-electron chi connectivity index (χ1n) is 11.5. The number of ketones is 2. The standard InChI is InChI=1S/C25H29N5O6/c1-4-5-11-6-7-13(31)14-12(11)8-23(28)9-25(29)19(30(2)3)18(33)15(22(27)36)20(34)24(25,10-26)21(35)16(23)17(14)32/h6-7,19,31-32,34H,4-5,8-9,28-29H2,1-3H3,(H2,27,36)/t19-,23-,24+,25-/m1/s1. The van der Waals surface area contributed by atoms with E-state index in [1.165, 1.54) is 25.1 Å². The molecule has 0 heterocycles. The van der Waals surface area contributed by atoms with Gasteiger partial charge in [-0.2, -0.15) is 5.26 Å². The minimum Gasteiger partial charge on any atom is -0.509 e. The molecule has 0 aliphatic heterocycles. The highest BCUT2D eigenvalue weighted by atomic mass is 16.3. The molecule has 11 heteroatoms. The predicted molar refractivity (Wildman–Crippen MR) is 128 cm³/mol. The molecule has 1 amide bonds. The zero-order chi connectivity index (χ0) is 27.0. The van der Waals surface area contributed by atoms with E-state index in [1.807, 2.05) is 6.92 Å². The number of hydrogen-bond donors (Lipinski definition) is 6. The summed E-state index contributed by atoms with van der Waals surface area (Å²) in [4.78, 5) is 41.1. The van der Waals surface area contributed by atoms with Gasteiger partial charge in [-0.3, -0.25) is 19.3 Å². The molecule has 4 rings (SSSR count). The molecule has 0 radical (unpaired) electrons. The Balaban J connectivity index is 2.13. The van der Waals surface area contributed by atoms with Crippen LogP contribution in [0.25, 0.3) is 5.76 Å². The summed E-state index contributed by atoms with van der Waals surface area (Å²) in [7, 11) is 2.95. The number of aryl methyl sites for hydroxylation is 1. The maximum Gasteiger partial charge on any atom is 0.255 e. The number of aliphatic hydroxyl groups is 2. The highest BCUT2D eigenvalue weighted by Gasteiger charge is 2.74. The lowest BCUT2D eigenvalue weighted by atomic mass is 9.47. The van der Waals surface area contributed by atoms with E-state index < -0.39 is 62.7 Å². The number of carbonyl (C=O) groups is 3. The number of amides is 1. The van der Waals surface area contributed by atoms with Crippen molar-refractivity contribution in [2.24, 2.45) is 22.6 Å². The number of nitriles is 1. The molecule has 36 heavy (non-hydrogen) atoms. The fourth-order valence-corrected chi connectivity index (χ4v) is 6.40. The molecule has 4 atom stereocenters. The smallest absolute Gasteiger partial charge is 0.255 e. The van der Waals surface area contributed by atoms with Gasteiger partial charge < -0.3 is 32.5 Å². The van der Waals surface area contributed by atoms with Crippen molar-refractivity contribution in [2.75, 3.05) is 14.1 Å². The number of phenolic OH excluding ortho intramolecular Hbond substituents is 1. The maximum absolute atomic E-state index is 14.2. The van der Waals surface area contributed by atoms with Crippen molar-refractivity contribution in [3.8, 4) is 11.8 Å². The molecule has 1 fully saturated rings. The van der Waals surface area contributed by atoms with Crippen LogP contribution >= 0.6 is 0 Å². The lowest BCUT2D eigenvalue weighted by Gasteiger charge is -2.58. The van der Waals surface area contributed by atoms with Crippen molar-refractivity contribution in [1.82, 2.24) is 4.90 Å². The van der Waals surface area contributed by atoms with Gasteiger partial charge in [0.2, 0.25) is 0 Å². The zero-order valence-electron chi connectivity index (χ0n) is 20.3. The van der Waals surface area contributed by atoms with Crippen LogP contribution in [0.3, 0.4) is 0 Å². The summed E-state index contributed by atoms with van der Waals surface area (Å²) in [5.41, 5.74) is 12.6. The van der Waals surface area contributed by atoms with E-state index in [-0.39, 0.29) is 24.2 Å². The number of Topliss-reactive ketones (excluding diaryl/α,β-unsaturated/α-hetero) is 2. The largest absolute Gasteiger partial charge is 0.509 e. The SMILES string of the molecule is CCCc1ccc(O)c2c1C[C@@]1(N)C[C@@]3(N)[C@H](N(C)C)C(=O)C(C(N)=O)=C(O)[C@@]3(C#N)C(=O)C1=C2O. The Kier molecular flexibility index (Phi) is 5.56. The summed E-state index contributed by atoms with van der Waals surface area (Å²) in [5.74, 6) is -5.50. The molecular formula is C25H29N5O6. The van der Waals surface area contributed by atoms with E-state index in [2.05, 4.69) is 0 Å². The number of nitrogens with zero attached hydrogens (tertiary/aromatic N) is 2. The topological polar surface area (TPSA) is 217 Å². The number of rotatable bonds is 4. The Labute approximate surface area is 207 Å². The van der Waals surface area contributed by atoms with Crippen LogP contribution < -0.4 is 17.2 Å². The van der Waals surface area contributed by atoms with Gasteiger partial charge in [-0.15, -0.1) is 0 Å². The molecule has 9 N–H and O–H groups in total. The summed E-state index contributed by atoms with van der Waals surface area (Å²) in [6.45, 7) is 1.96. The Hall–Kier alpha value is -3.72. The second-order valence-electron chi connectivity index (χ2n) is 10.1. The molecule has 0 bridgehead atoms. The number of carbonyl (C=O) groups excluding carboxylic acids is 3. The lowest BCUT2D eigenvalue weighted by Crippen LogP contribution is -2.80.